The Kier molecular flexibility index (Phi) is 16.2. The lowest BCUT2D eigenvalue weighted by atomic mass is 10.2. The first-order valence-electron chi connectivity index (χ1n) is 9.10. The van der Waals surface area contributed by atoms with E-state index >= 15 is 0 Å². The fraction of sp³-hybridized carbons (Fsp3) is 0.550. The number of hydrogen-bond acceptors (Lipinski definition) is 4. The summed E-state index contributed by atoms with van der Waals surface area (Å²) in [4.78, 5) is 0. The van der Waals surface area contributed by atoms with E-state index in [0.29, 0.717) is 6.61 Å². The van der Waals surface area contributed by atoms with Gasteiger partial charge in [-0.2, -0.15) is 0 Å². The van der Waals surface area contributed by atoms with Crippen LogP contribution in [-0.2, 0) is 11.2 Å². The molecular weight excluding hydrogens is 302 g/mol. The Bertz CT molecular complexity index is 443. The van der Waals surface area contributed by atoms with Crippen LogP contribution in [0.1, 0.15) is 52.7 Å². The van der Waals surface area contributed by atoms with Crippen molar-refractivity contribution in [1.82, 2.24) is 5.16 Å². The summed E-state index contributed by atoms with van der Waals surface area (Å²) in [6.07, 6.45) is 5.64. The second kappa shape index (κ2) is 17.5. The van der Waals surface area contributed by atoms with Gasteiger partial charge in [0.2, 0.25) is 0 Å². The van der Waals surface area contributed by atoms with Crippen LogP contribution in [0.3, 0.4) is 0 Å². The number of unbranched alkanes of at least 4 members (excludes halogenated alkanes) is 2. The molecule has 4 nitrogen and oxygen atoms in total. The van der Waals surface area contributed by atoms with Crippen LogP contribution >= 0.6 is 0 Å². The molecule has 0 unspecified atom stereocenters. The predicted octanol–water partition coefficient (Wildman–Crippen LogP) is 5.54. The number of rotatable bonds is 10. The van der Waals surface area contributed by atoms with Crippen LogP contribution < -0.4 is 4.74 Å². The van der Waals surface area contributed by atoms with Gasteiger partial charge in [0.1, 0.15) is 12.0 Å². The van der Waals surface area contributed by atoms with Gasteiger partial charge in [-0.05, 0) is 31.4 Å². The Morgan fingerprint density at radius 2 is 1.54 bits per heavy atom. The Hall–Kier alpha value is -1.81. The number of benzene rings is 1. The second-order valence-corrected chi connectivity index (χ2v) is 4.58. The molecule has 0 fully saturated rings. The summed E-state index contributed by atoms with van der Waals surface area (Å²) >= 11 is 0. The Morgan fingerprint density at radius 3 is 2.21 bits per heavy atom. The lowest BCUT2D eigenvalue weighted by Crippen LogP contribution is -2.02. The average molecular weight is 335 g/mol. The van der Waals surface area contributed by atoms with E-state index in [2.05, 4.69) is 5.16 Å². The number of aromatic nitrogens is 1. The van der Waals surface area contributed by atoms with E-state index in [-0.39, 0.29) is 0 Å². The maximum absolute atomic E-state index is 5.62. The summed E-state index contributed by atoms with van der Waals surface area (Å²) in [5.41, 5.74) is 0.946. The van der Waals surface area contributed by atoms with Crippen LogP contribution in [0.4, 0.5) is 0 Å². The molecule has 0 bridgehead atoms. The number of ether oxygens (including phenoxy) is 2. The number of para-hydroxylation sites is 1. The van der Waals surface area contributed by atoms with Gasteiger partial charge in [-0.1, -0.05) is 51.1 Å². The molecule has 0 radical (unpaired) electrons. The van der Waals surface area contributed by atoms with Crippen molar-refractivity contribution in [2.24, 2.45) is 0 Å². The van der Waals surface area contributed by atoms with E-state index in [1.54, 1.807) is 6.26 Å². The zero-order chi connectivity index (χ0) is 17.9. The summed E-state index contributed by atoms with van der Waals surface area (Å²) in [7, 11) is 0. The first kappa shape index (κ1) is 22.2. The standard InChI is InChI=1S/C16H21NO3.2C2H6/c1-3-7-16(8-4-1)19-12-6-2-5-11-18-13-9-15-10-14-20-17-15;2*1-2/h1,3-4,7-8,10,14H,2,5-6,9,11-13H2;2*1-2H3. The van der Waals surface area contributed by atoms with Gasteiger partial charge in [0.15, 0.2) is 0 Å². The molecule has 1 aromatic carbocycles. The minimum absolute atomic E-state index is 0.701. The number of hydrogen-bond donors (Lipinski definition) is 0. The molecule has 0 spiro atoms. The summed E-state index contributed by atoms with van der Waals surface area (Å²) in [6.45, 7) is 10.3. The van der Waals surface area contributed by atoms with Crippen molar-refractivity contribution in [2.45, 2.75) is 53.4 Å². The van der Waals surface area contributed by atoms with Gasteiger partial charge < -0.3 is 14.0 Å². The monoisotopic (exact) mass is 335 g/mol. The van der Waals surface area contributed by atoms with Crippen LogP contribution in [0.15, 0.2) is 47.2 Å². The predicted molar refractivity (Wildman–Crippen MR) is 99.5 cm³/mol. The zero-order valence-corrected chi connectivity index (χ0v) is 15.7. The van der Waals surface area contributed by atoms with Crippen LogP contribution in [0.5, 0.6) is 5.75 Å². The molecule has 2 rings (SSSR count). The fourth-order valence-corrected chi connectivity index (χ4v) is 1.84. The van der Waals surface area contributed by atoms with Crippen molar-refractivity contribution in [3.63, 3.8) is 0 Å². The molecule has 2 aromatic rings. The van der Waals surface area contributed by atoms with Gasteiger partial charge in [0.05, 0.1) is 18.9 Å². The van der Waals surface area contributed by atoms with Crippen molar-refractivity contribution < 1.29 is 14.0 Å². The third kappa shape index (κ3) is 11.7. The molecule has 0 saturated carbocycles. The van der Waals surface area contributed by atoms with E-state index in [0.717, 1.165) is 50.3 Å². The minimum atomic E-state index is 0.701. The molecule has 1 heterocycles. The van der Waals surface area contributed by atoms with Crippen LogP contribution in [-0.4, -0.2) is 25.0 Å². The molecule has 0 atom stereocenters. The smallest absolute Gasteiger partial charge is 0.124 e. The Balaban J connectivity index is 0.00000123. The fourth-order valence-electron chi connectivity index (χ4n) is 1.84. The summed E-state index contributed by atoms with van der Waals surface area (Å²) in [5, 5.41) is 3.83. The molecule has 0 aliphatic rings. The van der Waals surface area contributed by atoms with Crippen LogP contribution in [0.2, 0.25) is 0 Å². The second-order valence-electron chi connectivity index (χ2n) is 4.58. The van der Waals surface area contributed by atoms with Crippen LogP contribution in [0.25, 0.3) is 0 Å². The first-order chi connectivity index (χ1) is 11.9. The van der Waals surface area contributed by atoms with E-state index in [4.69, 9.17) is 14.0 Å². The summed E-state index contributed by atoms with van der Waals surface area (Å²) < 4.78 is 15.9. The molecule has 0 aliphatic heterocycles. The maximum Gasteiger partial charge on any atom is 0.124 e. The average Bonchev–Trinajstić information content (AvgIpc) is 3.18. The molecule has 0 N–H and O–H groups in total. The van der Waals surface area contributed by atoms with Crippen molar-refractivity contribution in [3.8, 4) is 5.75 Å². The van der Waals surface area contributed by atoms with Gasteiger partial charge in [0.25, 0.3) is 0 Å². The molecular formula is C20H33NO3. The highest BCUT2D eigenvalue weighted by Gasteiger charge is 1.97. The molecule has 0 aliphatic carbocycles. The normalized spacial score (nSPS) is 9.33. The van der Waals surface area contributed by atoms with Gasteiger partial charge in [-0.3, -0.25) is 0 Å². The van der Waals surface area contributed by atoms with Gasteiger partial charge in [-0.25, -0.2) is 0 Å². The van der Waals surface area contributed by atoms with Crippen LogP contribution in [0, 0.1) is 0 Å². The van der Waals surface area contributed by atoms with E-state index < -0.39 is 0 Å². The van der Waals surface area contributed by atoms with E-state index in [1.807, 2.05) is 64.1 Å². The highest BCUT2D eigenvalue weighted by atomic mass is 16.5. The summed E-state index contributed by atoms with van der Waals surface area (Å²) in [5.74, 6) is 0.941. The van der Waals surface area contributed by atoms with Gasteiger partial charge >= 0.3 is 0 Å². The molecule has 0 saturated heterocycles. The summed E-state index contributed by atoms with van der Waals surface area (Å²) in [6, 6.07) is 11.8. The largest absolute Gasteiger partial charge is 0.494 e. The first-order valence-corrected chi connectivity index (χ1v) is 9.10. The third-order valence-electron chi connectivity index (χ3n) is 2.94. The minimum Gasteiger partial charge on any atom is -0.494 e. The molecule has 136 valence electrons. The van der Waals surface area contributed by atoms with E-state index in [9.17, 15) is 0 Å². The van der Waals surface area contributed by atoms with Crippen molar-refractivity contribution in [1.29, 1.82) is 0 Å². The number of nitrogens with zero attached hydrogens (tertiary/aromatic N) is 1. The lowest BCUT2D eigenvalue weighted by Gasteiger charge is -2.06. The Morgan fingerprint density at radius 1 is 0.833 bits per heavy atom. The molecule has 24 heavy (non-hydrogen) atoms. The highest BCUT2D eigenvalue weighted by Crippen LogP contribution is 2.09. The topological polar surface area (TPSA) is 44.5 Å². The third-order valence-corrected chi connectivity index (χ3v) is 2.94. The lowest BCUT2D eigenvalue weighted by molar-refractivity contribution is 0.130. The molecule has 1 aromatic heterocycles. The maximum atomic E-state index is 5.62. The van der Waals surface area contributed by atoms with Crippen molar-refractivity contribution in [3.05, 3.63) is 48.4 Å². The SMILES string of the molecule is CC.CC.c1ccc(OCCCCCOCCc2ccon2)cc1. The van der Waals surface area contributed by atoms with Crippen molar-refractivity contribution in [2.75, 3.05) is 19.8 Å². The zero-order valence-electron chi connectivity index (χ0n) is 15.7. The van der Waals surface area contributed by atoms with Gasteiger partial charge in [-0.15, -0.1) is 0 Å². The van der Waals surface area contributed by atoms with E-state index in [1.165, 1.54) is 0 Å². The molecule has 4 heteroatoms. The Labute approximate surface area is 147 Å². The highest BCUT2D eigenvalue weighted by molar-refractivity contribution is 5.20. The molecule has 0 amide bonds. The van der Waals surface area contributed by atoms with Crippen molar-refractivity contribution >= 4 is 0 Å². The van der Waals surface area contributed by atoms with Gasteiger partial charge in [0, 0.05) is 19.1 Å². The quantitative estimate of drug-likeness (QED) is 0.535.